The maximum absolute atomic E-state index is 10.4. The summed E-state index contributed by atoms with van der Waals surface area (Å²) in [4.78, 5) is 14.2. The SMILES string of the molecule is O=Nc1cc(N=Nc2cccnc2)c(O)cc1O. The monoisotopic (exact) mass is 244 g/mol. The average Bonchev–Trinajstić information content (AvgIpc) is 2.39. The molecule has 0 saturated carbocycles. The van der Waals surface area contributed by atoms with E-state index in [-0.39, 0.29) is 17.1 Å². The summed E-state index contributed by atoms with van der Waals surface area (Å²) in [6.07, 6.45) is 3.07. The standard InChI is InChI=1S/C11H8N4O3/c16-10-5-11(17)9(15-18)4-8(10)14-13-7-2-1-3-12-6-7/h1-6,16-17H. The second-order valence-electron chi connectivity index (χ2n) is 3.33. The van der Waals surface area contributed by atoms with Crippen molar-refractivity contribution < 1.29 is 10.2 Å². The molecule has 2 rings (SSSR count). The lowest BCUT2D eigenvalue weighted by atomic mass is 10.2. The number of phenols is 2. The fraction of sp³-hybridized carbons (Fsp3) is 0. The average molecular weight is 244 g/mol. The van der Waals surface area contributed by atoms with Crippen LogP contribution in [-0.2, 0) is 0 Å². The van der Waals surface area contributed by atoms with Crippen LogP contribution in [0.5, 0.6) is 11.5 Å². The number of aromatic nitrogens is 1. The number of aromatic hydroxyl groups is 2. The lowest BCUT2D eigenvalue weighted by molar-refractivity contribution is 0.452. The number of pyridine rings is 1. The van der Waals surface area contributed by atoms with Gasteiger partial charge in [0.25, 0.3) is 0 Å². The van der Waals surface area contributed by atoms with Crippen LogP contribution in [0.1, 0.15) is 0 Å². The molecule has 0 saturated heterocycles. The number of hydrogen-bond donors (Lipinski definition) is 2. The van der Waals surface area contributed by atoms with Gasteiger partial charge in [0.15, 0.2) is 5.69 Å². The number of nitroso groups, excluding NO2 is 1. The molecule has 1 aromatic heterocycles. The van der Waals surface area contributed by atoms with Crippen LogP contribution in [0.2, 0.25) is 0 Å². The lowest BCUT2D eigenvalue weighted by Crippen LogP contribution is -1.72. The molecule has 0 bridgehead atoms. The van der Waals surface area contributed by atoms with Crippen LogP contribution < -0.4 is 0 Å². The van der Waals surface area contributed by atoms with Gasteiger partial charge in [0, 0.05) is 18.3 Å². The van der Waals surface area contributed by atoms with E-state index in [4.69, 9.17) is 0 Å². The van der Waals surface area contributed by atoms with E-state index in [0.29, 0.717) is 5.69 Å². The fourth-order valence-electron chi connectivity index (χ4n) is 1.23. The van der Waals surface area contributed by atoms with Gasteiger partial charge in [-0.15, -0.1) is 15.1 Å². The van der Waals surface area contributed by atoms with Gasteiger partial charge in [-0.05, 0) is 17.3 Å². The highest BCUT2D eigenvalue weighted by Crippen LogP contribution is 2.38. The van der Waals surface area contributed by atoms with Crippen LogP contribution in [0.3, 0.4) is 0 Å². The van der Waals surface area contributed by atoms with Gasteiger partial charge < -0.3 is 10.2 Å². The van der Waals surface area contributed by atoms with Crippen molar-refractivity contribution in [3.8, 4) is 11.5 Å². The Morgan fingerprint density at radius 2 is 1.83 bits per heavy atom. The minimum atomic E-state index is -0.414. The van der Waals surface area contributed by atoms with Crippen molar-refractivity contribution in [2.45, 2.75) is 0 Å². The summed E-state index contributed by atoms with van der Waals surface area (Å²) in [7, 11) is 0. The van der Waals surface area contributed by atoms with Crippen LogP contribution in [-0.4, -0.2) is 15.2 Å². The summed E-state index contributed by atoms with van der Waals surface area (Å²) < 4.78 is 0. The highest BCUT2D eigenvalue weighted by Gasteiger charge is 2.08. The van der Waals surface area contributed by atoms with E-state index in [2.05, 4.69) is 20.4 Å². The van der Waals surface area contributed by atoms with Crippen LogP contribution in [0.15, 0.2) is 52.1 Å². The molecule has 0 unspecified atom stereocenters. The Labute approximate surface area is 101 Å². The number of benzene rings is 1. The second-order valence-corrected chi connectivity index (χ2v) is 3.33. The van der Waals surface area contributed by atoms with E-state index >= 15 is 0 Å². The Kier molecular flexibility index (Phi) is 3.24. The van der Waals surface area contributed by atoms with E-state index in [9.17, 15) is 15.1 Å². The van der Waals surface area contributed by atoms with Gasteiger partial charge in [-0.25, -0.2) is 0 Å². The molecule has 0 aliphatic carbocycles. The molecule has 2 aromatic rings. The van der Waals surface area contributed by atoms with E-state index < -0.39 is 5.75 Å². The van der Waals surface area contributed by atoms with Gasteiger partial charge in [-0.3, -0.25) is 4.98 Å². The van der Waals surface area contributed by atoms with Crippen molar-refractivity contribution in [1.82, 2.24) is 4.98 Å². The zero-order chi connectivity index (χ0) is 13.0. The summed E-state index contributed by atoms with van der Waals surface area (Å²) in [5.41, 5.74) is 0.310. The first-order chi connectivity index (χ1) is 8.70. The highest BCUT2D eigenvalue weighted by molar-refractivity contribution is 5.65. The number of azo groups is 1. The smallest absolute Gasteiger partial charge is 0.152 e. The highest BCUT2D eigenvalue weighted by atomic mass is 16.3. The molecule has 1 aromatic carbocycles. The van der Waals surface area contributed by atoms with Crippen molar-refractivity contribution in [3.05, 3.63) is 41.6 Å². The summed E-state index contributed by atoms with van der Waals surface area (Å²) >= 11 is 0. The van der Waals surface area contributed by atoms with Crippen LogP contribution in [0.25, 0.3) is 0 Å². The molecule has 0 aliphatic heterocycles. The molecule has 7 heteroatoms. The predicted octanol–water partition coefficient (Wildman–Crippen LogP) is 3.31. The minimum absolute atomic E-state index is 0.0336. The Morgan fingerprint density at radius 3 is 2.50 bits per heavy atom. The first-order valence-corrected chi connectivity index (χ1v) is 4.92. The van der Waals surface area contributed by atoms with Crippen molar-refractivity contribution in [2.24, 2.45) is 15.4 Å². The summed E-state index contributed by atoms with van der Waals surface area (Å²) in [6, 6.07) is 5.47. The lowest BCUT2D eigenvalue weighted by Gasteiger charge is -2.00. The molecule has 0 aliphatic rings. The molecule has 18 heavy (non-hydrogen) atoms. The summed E-state index contributed by atoms with van der Waals surface area (Å²) in [6.45, 7) is 0. The zero-order valence-electron chi connectivity index (χ0n) is 9.06. The van der Waals surface area contributed by atoms with E-state index in [1.54, 1.807) is 18.3 Å². The molecule has 0 atom stereocenters. The van der Waals surface area contributed by atoms with Gasteiger partial charge in [-0.1, -0.05) is 0 Å². The molecule has 7 nitrogen and oxygen atoms in total. The molecule has 0 fully saturated rings. The van der Waals surface area contributed by atoms with Crippen molar-refractivity contribution in [1.29, 1.82) is 0 Å². The number of rotatable bonds is 3. The quantitative estimate of drug-likeness (QED) is 0.637. The summed E-state index contributed by atoms with van der Waals surface area (Å²) in [5.74, 6) is -0.713. The van der Waals surface area contributed by atoms with Crippen LogP contribution >= 0.6 is 0 Å². The van der Waals surface area contributed by atoms with Crippen LogP contribution in [0.4, 0.5) is 17.1 Å². The van der Waals surface area contributed by atoms with Crippen LogP contribution in [0, 0.1) is 4.91 Å². The van der Waals surface area contributed by atoms with Gasteiger partial charge in [0.2, 0.25) is 0 Å². The first-order valence-electron chi connectivity index (χ1n) is 4.92. The van der Waals surface area contributed by atoms with E-state index in [1.807, 2.05) is 0 Å². The van der Waals surface area contributed by atoms with E-state index in [0.717, 1.165) is 12.1 Å². The maximum Gasteiger partial charge on any atom is 0.152 e. The third-order valence-corrected chi connectivity index (χ3v) is 2.09. The Bertz CT molecular complexity index is 599. The molecular formula is C11H8N4O3. The minimum Gasteiger partial charge on any atom is -0.505 e. The third kappa shape index (κ3) is 2.46. The topological polar surface area (TPSA) is 108 Å². The van der Waals surface area contributed by atoms with Gasteiger partial charge in [0.05, 0.1) is 6.20 Å². The Balaban J connectivity index is 2.35. The maximum atomic E-state index is 10.4. The number of hydrogen-bond acceptors (Lipinski definition) is 7. The normalized spacial score (nSPS) is 10.7. The van der Waals surface area contributed by atoms with Gasteiger partial charge in [-0.2, -0.15) is 0 Å². The largest absolute Gasteiger partial charge is 0.505 e. The van der Waals surface area contributed by atoms with Crippen molar-refractivity contribution in [2.75, 3.05) is 0 Å². The van der Waals surface area contributed by atoms with E-state index in [1.165, 1.54) is 6.20 Å². The molecular weight excluding hydrogens is 236 g/mol. The number of nitrogens with zero attached hydrogens (tertiary/aromatic N) is 4. The predicted molar refractivity (Wildman–Crippen MR) is 63.6 cm³/mol. The molecule has 0 radical (unpaired) electrons. The van der Waals surface area contributed by atoms with Gasteiger partial charge in [0.1, 0.15) is 22.9 Å². The molecule has 1 heterocycles. The first kappa shape index (κ1) is 11.6. The Morgan fingerprint density at radius 1 is 1.06 bits per heavy atom. The van der Waals surface area contributed by atoms with Crippen molar-refractivity contribution in [3.63, 3.8) is 0 Å². The van der Waals surface area contributed by atoms with Crippen molar-refractivity contribution >= 4 is 17.1 Å². The molecule has 0 amide bonds. The summed E-state index contributed by atoms with van der Waals surface area (Å²) in [5, 5.41) is 29.0. The molecule has 2 N–H and O–H groups in total. The fourth-order valence-corrected chi connectivity index (χ4v) is 1.23. The Hall–Kier alpha value is -2.83. The van der Waals surface area contributed by atoms with Gasteiger partial charge >= 0.3 is 0 Å². The molecule has 90 valence electrons. The second kappa shape index (κ2) is 5.00. The third-order valence-electron chi connectivity index (χ3n) is 2.09. The molecule has 0 spiro atoms. The number of phenolic OH excluding ortho intramolecular Hbond substituents is 2. The zero-order valence-corrected chi connectivity index (χ0v) is 9.06.